The molecule has 0 radical (unpaired) electrons. The molecule has 0 unspecified atom stereocenters. The Hall–Kier alpha value is -5.09. The molecule has 0 N–H and O–H groups in total. The van der Waals surface area contributed by atoms with Crippen LogP contribution in [0.15, 0.2) is 133 Å². The lowest BCUT2D eigenvalue weighted by atomic mass is 10.0. The number of pyridine rings is 1. The molecule has 0 saturated heterocycles. The molecule has 0 aliphatic carbocycles. The Bertz CT molecular complexity index is 1990. The molecular weight excluding hydrogens is 565 g/mol. The number of hydrogen-bond acceptors (Lipinski definition) is 5. The van der Waals surface area contributed by atoms with Gasteiger partial charge in [-0.2, -0.15) is 0 Å². The third kappa shape index (κ3) is 5.44. The van der Waals surface area contributed by atoms with E-state index in [-0.39, 0.29) is 10.5 Å². The van der Waals surface area contributed by atoms with E-state index in [1.54, 1.807) is 42.6 Å². The van der Waals surface area contributed by atoms with Crippen molar-refractivity contribution in [2.75, 3.05) is 0 Å². The first kappa shape index (κ1) is 27.1. The van der Waals surface area contributed by atoms with Gasteiger partial charge in [-0.25, -0.2) is 17.4 Å². The van der Waals surface area contributed by atoms with E-state index in [9.17, 15) is 21.6 Å². The molecule has 42 heavy (non-hydrogen) atoms. The van der Waals surface area contributed by atoms with Crippen molar-refractivity contribution < 1.29 is 31.1 Å². The highest BCUT2D eigenvalue weighted by molar-refractivity contribution is 7.90. The van der Waals surface area contributed by atoms with Crippen molar-refractivity contribution in [3.05, 3.63) is 128 Å². The maximum atomic E-state index is 13.7. The van der Waals surface area contributed by atoms with Crippen LogP contribution < -0.4 is 9.47 Å². The quantitative estimate of drug-likeness (QED) is 0.188. The van der Waals surface area contributed by atoms with E-state index in [2.05, 4.69) is 9.72 Å². The van der Waals surface area contributed by atoms with Crippen LogP contribution in [0.2, 0.25) is 0 Å². The van der Waals surface area contributed by atoms with Gasteiger partial charge >= 0.3 is 6.36 Å². The van der Waals surface area contributed by atoms with E-state index in [0.29, 0.717) is 39.1 Å². The molecule has 6 rings (SSSR count). The Labute approximate surface area is 239 Å². The fourth-order valence-corrected chi connectivity index (χ4v) is 5.96. The summed E-state index contributed by atoms with van der Waals surface area (Å²) in [6.07, 6.45) is -1.98. The lowest BCUT2D eigenvalue weighted by molar-refractivity contribution is -0.274. The lowest BCUT2D eigenvalue weighted by Crippen LogP contribution is -2.17. The minimum atomic E-state index is -4.89. The number of nitrogens with zero attached hydrogens (tertiary/aromatic N) is 2. The molecule has 0 spiro atoms. The van der Waals surface area contributed by atoms with Gasteiger partial charge in [0.2, 0.25) is 0 Å². The first-order valence-electron chi connectivity index (χ1n) is 12.7. The van der Waals surface area contributed by atoms with E-state index in [1.165, 1.54) is 36.5 Å². The predicted molar refractivity (Wildman–Crippen MR) is 153 cm³/mol. The molecule has 0 aliphatic heterocycles. The third-order valence-corrected chi connectivity index (χ3v) is 8.12. The standard InChI is InChI=1S/C32H21F3N2O4S/c33-32(34,35)41-25-13-9-10-22(18-25)29-21-37(42(38,39)26-14-5-2-6-15-26)31-28(29)19-23(20-36-31)27-16-7-8-17-30(27)40-24-11-3-1-4-12-24/h1-21H. The van der Waals surface area contributed by atoms with Crippen molar-refractivity contribution in [1.82, 2.24) is 8.96 Å². The molecule has 0 fully saturated rings. The molecule has 2 heterocycles. The van der Waals surface area contributed by atoms with Gasteiger partial charge in [0.25, 0.3) is 10.0 Å². The van der Waals surface area contributed by atoms with Crippen LogP contribution >= 0.6 is 0 Å². The molecule has 0 amide bonds. The summed E-state index contributed by atoms with van der Waals surface area (Å²) in [7, 11) is -4.10. The molecule has 2 aromatic heterocycles. The van der Waals surface area contributed by atoms with Gasteiger partial charge in [0.05, 0.1) is 4.90 Å². The Morgan fingerprint density at radius 1 is 0.690 bits per heavy atom. The fraction of sp³-hybridized carbons (Fsp3) is 0.0312. The van der Waals surface area contributed by atoms with Crippen LogP contribution in [0.4, 0.5) is 13.2 Å². The highest BCUT2D eigenvalue weighted by Gasteiger charge is 2.31. The molecule has 4 aromatic carbocycles. The van der Waals surface area contributed by atoms with Crippen molar-refractivity contribution in [1.29, 1.82) is 0 Å². The Morgan fingerprint density at radius 2 is 1.36 bits per heavy atom. The van der Waals surface area contributed by atoms with E-state index >= 15 is 0 Å². The minimum Gasteiger partial charge on any atom is -0.457 e. The zero-order valence-corrected chi connectivity index (χ0v) is 22.5. The number of fused-ring (bicyclic) bond motifs is 1. The topological polar surface area (TPSA) is 70.4 Å². The van der Waals surface area contributed by atoms with Gasteiger partial charge in [-0.05, 0) is 54.1 Å². The summed E-state index contributed by atoms with van der Waals surface area (Å²) in [5, 5.41) is 0.408. The van der Waals surface area contributed by atoms with Gasteiger partial charge < -0.3 is 9.47 Å². The molecule has 0 atom stereocenters. The average Bonchev–Trinajstić information content (AvgIpc) is 3.38. The number of alkyl halides is 3. The molecular formula is C32H21F3N2O4S. The van der Waals surface area contributed by atoms with Crippen LogP contribution in [0, 0.1) is 0 Å². The molecule has 6 nitrogen and oxygen atoms in total. The Kier molecular flexibility index (Phi) is 6.91. The SMILES string of the molecule is O=S(=O)(c1ccccc1)n1cc(-c2cccc(OC(F)(F)F)c2)c2cc(-c3ccccc3Oc3ccccc3)cnc21. The Morgan fingerprint density at radius 3 is 2.10 bits per heavy atom. The molecule has 10 heteroatoms. The summed E-state index contributed by atoms with van der Waals surface area (Å²) >= 11 is 0. The second kappa shape index (κ2) is 10.7. The van der Waals surface area contributed by atoms with E-state index in [4.69, 9.17) is 4.74 Å². The van der Waals surface area contributed by atoms with Crippen LogP contribution in [0.25, 0.3) is 33.3 Å². The van der Waals surface area contributed by atoms with Crippen LogP contribution in [0.5, 0.6) is 17.2 Å². The van der Waals surface area contributed by atoms with Crippen LogP contribution in [-0.4, -0.2) is 23.7 Å². The minimum absolute atomic E-state index is 0.0371. The van der Waals surface area contributed by atoms with Crippen LogP contribution in [0.3, 0.4) is 0 Å². The molecule has 0 saturated carbocycles. The van der Waals surface area contributed by atoms with Gasteiger partial charge in [0.15, 0.2) is 5.65 Å². The molecule has 0 bridgehead atoms. The number of hydrogen-bond donors (Lipinski definition) is 0. The molecule has 6 aromatic rings. The Balaban J connectivity index is 1.54. The number of ether oxygens (including phenoxy) is 2. The highest BCUT2D eigenvalue weighted by Crippen LogP contribution is 2.39. The van der Waals surface area contributed by atoms with E-state index < -0.39 is 22.1 Å². The van der Waals surface area contributed by atoms with Gasteiger partial charge in [0.1, 0.15) is 17.2 Å². The van der Waals surface area contributed by atoms with Gasteiger partial charge in [0, 0.05) is 34.5 Å². The summed E-state index contributed by atoms with van der Waals surface area (Å²) in [5.74, 6) is 0.738. The van der Waals surface area contributed by atoms with Gasteiger partial charge in [-0.15, -0.1) is 13.2 Å². The monoisotopic (exact) mass is 586 g/mol. The van der Waals surface area contributed by atoms with Gasteiger partial charge in [-0.3, -0.25) is 0 Å². The first-order chi connectivity index (χ1) is 20.2. The maximum absolute atomic E-state index is 13.7. The number of aromatic nitrogens is 2. The number of rotatable bonds is 7. The first-order valence-corrected chi connectivity index (χ1v) is 14.1. The van der Waals surface area contributed by atoms with Crippen molar-refractivity contribution in [2.45, 2.75) is 11.3 Å². The summed E-state index contributed by atoms with van der Waals surface area (Å²) in [6, 6.07) is 31.5. The van der Waals surface area contributed by atoms with Crippen LogP contribution in [0.1, 0.15) is 0 Å². The van der Waals surface area contributed by atoms with Crippen molar-refractivity contribution >= 4 is 21.1 Å². The third-order valence-electron chi connectivity index (χ3n) is 6.46. The molecule has 0 aliphatic rings. The predicted octanol–water partition coefficient (Wildman–Crippen LogP) is 8.30. The molecule has 210 valence electrons. The van der Waals surface area contributed by atoms with Crippen LogP contribution in [-0.2, 0) is 10.0 Å². The van der Waals surface area contributed by atoms with Gasteiger partial charge in [-0.1, -0.05) is 66.7 Å². The zero-order chi connectivity index (χ0) is 29.3. The second-order valence-corrected chi connectivity index (χ2v) is 11.1. The van der Waals surface area contributed by atoms with Crippen molar-refractivity contribution in [3.63, 3.8) is 0 Å². The zero-order valence-electron chi connectivity index (χ0n) is 21.7. The van der Waals surface area contributed by atoms with E-state index in [0.717, 1.165) is 3.97 Å². The van der Waals surface area contributed by atoms with E-state index in [1.807, 2.05) is 48.5 Å². The number of para-hydroxylation sites is 2. The number of halogens is 3. The number of benzene rings is 4. The highest BCUT2D eigenvalue weighted by atomic mass is 32.2. The maximum Gasteiger partial charge on any atom is 0.573 e. The summed E-state index contributed by atoms with van der Waals surface area (Å²) in [4.78, 5) is 4.58. The summed E-state index contributed by atoms with van der Waals surface area (Å²) in [5.41, 5.74) is 2.09. The normalized spacial score (nSPS) is 11.9. The fourth-order valence-electron chi connectivity index (χ4n) is 4.62. The largest absolute Gasteiger partial charge is 0.573 e. The second-order valence-electron chi connectivity index (χ2n) is 9.24. The smallest absolute Gasteiger partial charge is 0.457 e. The summed E-state index contributed by atoms with van der Waals surface area (Å²) in [6.45, 7) is 0. The van der Waals surface area contributed by atoms with Crippen molar-refractivity contribution in [2.24, 2.45) is 0 Å². The lowest BCUT2D eigenvalue weighted by Gasteiger charge is -2.12. The summed E-state index contributed by atoms with van der Waals surface area (Å²) < 4.78 is 77.6. The van der Waals surface area contributed by atoms with Crippen molar-refractivity contribution in [3.8, 4) is 39.5 Å². The average molecular weight is 587 g/mol.